The molecule has 2 heterocycles. The van der Waals surface area contributed by atoms with E-state index in [1.54, 1.807) is 11.4 Å². The Morgan fingerprint density at radius 1 is 1.60 bits per heavy atom. The zero-order valence-corrected chi connectivity index (χ0v) is 11.3. The molecule has 0 saturated carbocycles. The van der Waals surface area contributed by atoms with Crippen LogP contribution < -0.4 is 16.4 Å². The number of amidine groups is 1. The second kappa shape index (κ2) is 6.10. The molecule has 0 spiro atoms. The molecule has 1 amide bonds. The van der Waals surface area contributed by atoms with Crippen molar-refractivity contribution in [3.63, 3.8) is 0 Å². The minimum Gasteiger partial charge on any atom is -0.384 e. The van der Waals surface area contributed by atoms with Gasteiger partial charge in [0.1, 0.15) is 5.84 Å². The quantitative estimate of drug-likeness (QED) is 0.497. The highest BCUT2D eigenvalue weighted by Gasteiger charge is 2.27. The Bertz CT molecular complexity index is 566. The Hall–Kier alpha value is -1.80. The van der Waals surface area contributed by atoms with E-state index in [1.807, 2.05) is 0 Å². The SMILES string of the molecule is N=C(N)c1csc(CNC(=O)C2CC(=C(F)F)CN2)c1. The van der Waals surface area contributed by atoms with Gasteiger partial charge in [-0.1, -0.05) is 0 Å². The lowest BCUT2D eigenvalue weighted by Crippen LogP contribution is -2.39. The van der Waals surface area contributed by atoms with Crippen molar-refractivity contribution in [2.45, 2.75) is 19.0 Å². The first-order valence-corrected chi connectivity index (χ1v) is 6.81. The molecule has 20 heavy (non-hydrogen) atoms. The van der Waals surface area contributed by atoms with E-state index in [9.17, 15) is 13.6 Å². The molecule has 0 radical (unpaired) electrons. The third kappa shape index (κ3) is 3.40. The van der Waals surface area contributed by atoms with Crippen LogP contribution in [0, 0.1) is 5.41 Å². The highest BCUT2D eigenvalue weighted by Crippen LogP contribution is 2.19. The van der Waals surface area contributed by atoms with Crippen LogP contribution in [0.2, 0.25) is 0 Å². The van der Waals surface area contributed by atoms with Crippen LogP contribution in [-0.4, -0.2) is 24.3 Å². The maximum absolute atomic E-state index is 12.4. The molecule has 0 aromatic carbocycles. The maximum Gasteiger partial charge on any atom is 0.270 e. The van der Waals surface area contributed by atoms with Crippen molar-refractivity contribution < 1.29 is 13.6 Å². The number of amides is 1. The molecule has 2 rings (SSSR count). The highest BCUT2D eigenvalue weighted by atomic mass is 32.1. The molecule has 1 aliphatic rings. The van der Waals surface area contributed by atoms with E-state index in [1.165, 1.54) is 11.3 Å². The lowest BCUT2D eigenvalue weighted by atomic mass is 10.1. The monoisotopic (exact) mass is 300 g/mol. The van der Waals surface area contributed by atoms with Crippen LogP contribution >= 0.6 is 11.3 Å². The van der Waals surface area contributed by atoms with Gasteiger partial charge in [0.15, 0.2) is 0 Å². The topological polar surface area (TPSA) is 91.0 Å². The first kappa shape index (κ1) is 14.6. The summed E-state index contributed by atoms with van der Waals surface area (Å²) in [5.41, 5.74) is 5.94. The number of nitrogens with two attached hydrogens (primary N) is 1. The summed E-state index contributed by atoms with van der Waals surface area (Å²) in [6.45, 7) is 0.347. The summed E-state index contributed by atoms with van der Waals surface area (Å²) < 4.78 is 24.8. The fraction of sp³-hybridized carbons (Fsp3) is 0.333. The van der Waals surface area contributed by atoms with Crippen LogP contribution in [0.4, 0.5) is 8.78 Å². The first-order valence-electron chi connectivity index (χ1n) is 5.93. The van der Waals surface area contributed by atoms with Gasteiger partial charge in [-0.05, 0) is 12.5 Å². The second-order valence-electron chi connectivity index (χ2n) is 4.43. The molecule has 0 bridgehead atoms. The molecule has 1 aliphatic heterocycles. The lowest BCUT2D eigenvalue weighted by Gasteiger charge is -2.09. The standard InChI is InChI=1S/C12H14F2N4OS/c13-10(14)6-2-9(17-3-6)12(19)18-4-8-1-7(5-20-8)11(15)16/h1,5,9,17H,2-4H2,(H3,15,16)(H,18,19). The number of carbonyl (C=O) groups excluding carboxylic acids is 1. The van der Waals surface area contributed by atoms with Crippen LogP contribution in [0.3, 0.4) is 0 Å². The van der Waals surface area contributed by atoms with Crippen molar-refractivity contribution in [2.24, 2.45) is 5.73 Å². The molecule has 1 saturated heterocycles. The van der Waals surface area contributed by atoms with Crippen LogP contribution in [0.15, 0.2) is 23.1 Å². The van der Waals surface area contributed by atoms with Crippen LogP contribution in [-0.2, 0) is 11.3 Å². The summed E-state index contributed by atoms with van der Waals surface area (Å²) in [6.07, 6.45) is -1.67. The molecule has 8 heteroatoms. The van der Waals surface area contributed by atoms with Gasteiger partial charge in [-0.25, -0.2) is 0 Å². The number of carbonyl (C=O) groups is 1. The Balaban J connectivity index is 1.86. The third-order valence-electron chi connectivity index (χ3n) is 3.00. The van der Waals surface area contributed by atoms with E-state index in [2.05, 4.69) is 10.6 Å². The molecule has 1 fully saturated rings. The minimum atomic E-state index is -1.71. The third-order valence-corrected chi connectivity index (χ3v) is 3.93. The van der Waals surface area contributed by atoms with Crippen LogP contribution in [0.5, 0.6) is 0 Å². The molecule has 5 nitrogen and oxygen atoms in total. The Kier molecular flexibility index (Phi) is 4.46. The minimum absolute atomic E-state index is 0.0138. The lowest BCUT2D eigenvalue weighted by molar-refractivity contribution is -0.122. The number of hydrogen-bond donors (Lipinski definition) is 4. The predicted octanol–water partition coefficient (Wildman–Crippen LogP) is 1.16. The molecule has 5 N–H and O–H groups in total. The van der Waals surface area contributed by atoms with Crippen molar-refractivity contribution in [3.05, 3.63) is 33.5 Å². The van der Waals surface area contributed by atoms with Gasteiger partial charge in [-0.15, -0.1) is 11.3 Å². The molecule has 1 aromatic heterocycles. The largest absolute Gasteiger partial charge is 0.384 e. The second-order valence-corrected chi connectivity index (χ2v) is 5.43. The van der Waals surface area contributed by atoms with E-state index >= 15 is 0 Å². The van der Waals surface area contributed by atoms with Crippen LogP contribution in [0.25, 0.3) is 0 Å². The van der Waals surface area contributed by atoms with Crippen molar-refractivity contribution in [3.8, 4) is 0 Å². The molecular formula is C12H14F2N4OS. The van der Waals surface area contributed by atoms with Gasteiger partial charge in [-0.2, -0.15) is 8.78 Å². The molecule has 1 aromatic rings. The van der Waals surface area contributed by atoms with E-state index in [-0.39, 0.29) is 30.3 Å². The van der Waals surface area contributed by atoms with Gasteiger partial charge in [0.25, 0.3) is 6.08 Å². The average Bonchev–Trinajstić information content (AvgIpc) is 3.05. The van der Waals surface area contributed by atoms with E-state index in [0.717, 1.165) is 4.88 Å². The first-order chi connectivity index (χ1) is 9.47. The van der Waals surface area contributed by atoms with Gasteiger partial charge >= 0.3 is 0 Å². The van der Waals surface area contributed by atoms with Crippen molar-refractivity contribution >= 4 is 23.1 Å². The normalized spacial score (nSPS) is 18.1. The van der Waals surface area contributed by atoms with Crippen molar-refractivity contribution in [1.29, 1.82) is 5.41 Å². The Morgan fingerprint density at radius 3 is 2.90 bits per heavy atom. The molecule has 0 aliphatic carbocycles. The fourth-order valence-corrected chi connectivity index (χ4v) is 2.70. The number of nitrogens with one attached hydrogen (secondary N) is 3. The number of hydrogen-bond acceptors (Lipinski definition) is 4. The van der Waals surface area contributed by atoms with Gasteiger partial charge in [0.2, 0.25) is 5.91 Å². The van der Waals surface area contributed by atoms with E-state index in [0.29, 0.717) is 12.1 Å². The maximum atomic E-state index is 12.4. The summed E-state index contributed by atoms with van der Waals surface area (Å²) in [5, 5.41) is 14.4. The van der Waals surface area contributed by atoms with Crippen LogP contribution in [0.1, 0.15) is 16.9 Å². The Labute approximate surface area is 118 Å². The highest BCUT2D eigenvalue weighted by molar-refractivity contribution is 7.10. The summed E-state index contributed by atoms with van der Waals surface area (Å²) in [7, 11) is 0. The van der Waals surface area contributed by atoms with Gasteiger partial charge in [-0.3, -0.25) is 10.2 Å². The Morgan fingerprint density at radius 2 is 2.35 bits per heavy atom. The average molecular weight is 300 g/mol. The molecule has 108 valence electrons. The molecule has 1 atom stereocenters. The molecular weight excluding hydrogens is 286 g/mol. The van der Waals surface area contributed by atoms with E-state index < -0.39 is 12.1 Å². The number of halogens is 2. The van der Waals surface area contributed by atoms with Gasteiger partial charge in [0.05, 0.1) is 12.6 Å². The number of thiophene rings is 1. The summed E-state index contributed by atoms with van der Waals surface area (Å²) in [5.74, 6) is -0.330. The summed E-state index contributed by atoms with van der Waals surface area (Å²) in [4.78, 5) is 12.7. The fourth-order valence-electron chi connectivity index (χ4n) is 1.88. The molecule has 1 unspecified atom stereocenters. The zero-order chi connectivity index (χ0) is 14.7. The van der Waals surface area contributed by atoms with Crippen molar-refractivity contribution in [2.75, 3.05) is 6.54 Å². The number of nitrogen functional groups attached to an aromatic ring is 1. The number of rotatable bonds is 4. The smallest absolute Gasteiger partial charge is 0.270 e. The van der Waals surface area contributed by atoms with E-state index in [4.69, 9.17) is 11.1 Å². The summed E-state index contributed by atoms with van der Waals surface area (Å²) >= 11 is 1.38. The van der Waals surface area contributed by atoms with Crippen molar-refractivity contribution in [1.82, 2.24) is 10.6 Å². The van der Waals surface area contributed by atoms with Gasteiger partial charge < -0.3 is 16.4 Å². The summed E-state index contributed by atoms with van der Waals surface area (Å²) in [6, 6.07) is 1.11. The van der Waals surface area contributed by atoms with Gasteiger partial charge in [0, 0.05) is 27.9 Å². The zero-order valence-electron chi connectivity index (χ0n) is 10.5. The predicted molar refractivity (Wildman–Crippen MR) is 72.8 cm³/mol.